The van der Waals surface area contributed by atoms with Gasteiger partial charge in [0, 0.05) is 25.3 Å². The van der Waals surface area contributed by atoms with E-state index in [1.54, 1.807) is 0 Å². The van der Waals surface area contributed by atoms with Gasteiger partial charge in [0.2, 0.25) is 0 Å². The van der Waals surface area contributed by atoms with Gasteiger partial charge in [-0.1, -0.05) is 36.4 Å². The van der Waals surface area contributed by atoms with E-state index in [9.17, 15) is 4.79 Å². The fourth-order valence-electron chi connectivity index (χ4n) is 2.86. The highest BCUT2D eigenvalue weighted by Crippen LogP contribution is 2.17. The lowest BCUT2D eigenvalue weighted by molar-refractivity contribution is -0.123. The van der Waals surface area contributed by atoms with Gasteiger partial charge in [-0.15, -0.1) is 0 Å². The second kappa shape index (κ2) is 8.53. The van der Waals surface area contributed by atoms with Crippen molar-refractivity contribution in [1.29, 1.82) is 0 Å². The molecule has 132 valence electrons. The van der Waals surface area contributed by atoms with Crippen molar-refractivity contribution in [1.82, 2.24) is 5.32 Å². The van der Waals surface area contributed by atoms with Crippen LogP contribution in [-0.2, 0) is 9.53 Å². The SMILES string of the molecule is Cc1ccccc1OCC(=O)NCC1CN(c2ccccc2)CCO1. The Morgan fingerprint density at radius 3 is 2.76 bits per heavy atom. The summed E-state index contributed by atoms with van der Waals surface area (Å²) in [6.07, 6.45) is -0.0173. The Balaban J connectivity index is 1.43. The molecule has 0 saturated carbocycles. The zero-order valence-corrected chi connectivity index (χ0v) is 14.5. The number of hydrogen-bond donors (Lipinski definition) is 1. The van der Waals surface area contributed by atoms with Gasteiger partial charge in [0.1, 0.15) is 5.75 Å². The summed E-state index contributed by atoms with van der Waals surface area (Å²) >= 11 is 0. The van der Waals surface area contributed by atoms with Gasteiger partial charge in [-0.3, -0.25) is 4.79 Å². The van der Waals surface area contributed by atoms with Gasteiger partial charge in [-0.05, 0) is 30.7 Å². The third kappa shape index (κ3) is 4.97. The monoisotopic (exact) mass is 340 g/mol. The highest BCUT2D eigenvalue weighted by atomic mass is 16.5. The molecule has 1 amide bonds. The molecule has 5 heteroatoms. The van der Waals surface area contributed by atoms with Gasteiger partial charge in [0.15, 0.2) is 6.61 Å². The van der Waals surface area contributed by atoms with Crippen LogP contribution in [0.3, 0.4) is 0 Å². The molecule has 5 nitrogen and oxygen atoms in total. The molecular formula is C20H24N2O3. The molecule has 2 aromatic rings. The minimum atomic E-state index is -0.135. The number of morpholine rings is 1. The van der Waals surface area contributed by atoms with Crippen LogP contribution < -0.4 is 15.0 Å². The Kier molecular flexibility index (Phi) is 5.90. The molecule has 1 saturated heterocycles. The van der Waals surface area contributed by atoms with E-state index >= 15 is 0 Å². The van der Waals surface area contributed by atoms with E-state index in [1.165, 1.54) is 5.69 Å². The van der Waals surface area contributed by atoms with Crippen molar-refractivity contribution in [3.05, 3.63) is 60.2 Å². The Labute approximate surface area is 148 Å². The lowest BCUT2D eigenvalue weighted by atomic mass is 10.2. The first kappa shape index (κ1) is 17.3. The maximum Gasteiger partial charge on any atom is 0.258 e. The summed E-state index contributed by atoms with van der Waals surface area (Å²) in [6.45, 7) is 4.75. The number of para-hydroxylation sites is 2. The van der Waals surface area contributed by atoms with Gasteiger partial charge in [-0.25, -0.2) is 0 Å². The van der Waals surface area contributed by atoms with Gasteiger partial charge >= 0.3 is 0 Å². The highest BCUT2D eigenvalue weighted by Gasteiger charge is 2.21. The topological polar surface area (TPSA) is 50.8 Å². The summed E-state index contributed by atoms with van der Waals surface area (Å²) in [5.74, 6) is 0.602. The molecule has 1 fully saturated rings. The Morgan fingerprint density at radius 1 is 1.20 bits per heavy atom. The first-order chi connectivity index (χ1) is 12.2. The summed E-state index contributed by atoms with van der Waals surface area (Å²) in [5, 5.41) is 2.90. The summed E-state index contributed by atoms with van der Waals surface area (Å²) < 4.78 is 11.3. The van der Waals surface area contributed by atoms with Crippen LogP contribution in [0, 0.1) is 6.92 Å². The molecule has 2 aromatic carbocycles. The zero-order valence-electron chi connectivity index (χ0n) is 14.5. The zero-order chi connectivity index (χ0) is 17.5. The number of amides is 1. The number of nitrogens with one attached hydrogen (secondary N) is 1. The van der Waals surface area contributed by atoms with Crippen molar-refractivity contribution in [2.45, 2.75) is 13.0 Å². The molecule has 0 spiro atoms. The second-order valence-electron chi connectivity index (χ2n) is 6.13. The fraction of sp³-hybridized carbons (Fsp3) is 0.350. The molecule has 1 aliphatic rings. The molecule has 1 N–H and O–H groups in total. The van der Waals surface area contributed by atoms with E-state index in [0.29, 0.717) is 13.2 Å². The lowest BCUT2D eigenvalue weighted by Crippen LogP contribution is -2.48. The van der Waals surface area contributed by atoms with Crippen molar-refractivity contribution >= 4 is 11.6 Å². The number of benzene rings is 2. The molecule has 1 heterocycles. The Hall–Kier alpha value is -2.53. The third-order valence-corrected chi connectivity index (χ3v) is 4.24. The second-order valence-corrected chi connectivity index (χ2v) is 6.13. The summed E-state index contributed by atoms with van der Waals surface area (Å²) in [7, 11) is 0. The fourth-order valence-corrected chi connectivity index (χ4v) is 2.86. The highest BCUT2D eigenvalue weighted by molar-refractivity contribution is 5.77. The standard InChI is InChI=1S/C20H24N2O3/c1-16-7-5-6-10-19(16)25-15-20(23)21-13-18-14-22(11-12-24-18)17-8-3-2-4-9-17/h2-10,18H,11-15H2,1H3,(H,21,23). The van der Waals surface area contributed by atoms with Gasteiger partial charge in [0.25, 0.3) is 5.91 Å². The van der Waals surface area contributed by atoms with Crippen molar-refractivity contribution in [3.8, 4) is 5.75 Å². The van der Waals surface area contributed by atoms with E-state index in [2.05, 4.69) is 22.3 Å². The summed E-state index contributed by atoms with van der Waals surface area (Å²) in [4.78, 5) is 14.3. The van der Waals surface area contributed by atoms with Crippen LogP contribution in [0.15, 0.2) is 54.6 Å². The van der Waals surface area contributed by atoms with E-state index in [-0.39, 0.29) is 18.6 Å². The van der Waals surface area contributed by atoms with Crippen molar-refractivity contribution in [2.24, 2.45) is 0 Å². The lowest BCUT2D eigenvalue weighted by Gasteiger charge is -2.34. The molecule has 1 unspecified atom stereocenters. The third-order valence-electron chi connectivity index (χ3n) is 4.24. The molecule has 0 radical (unpaired) electrons. The van der Waals surface area contributed by atoms with E-state index < -0.39 is 0 Å². The Morgan fingerprint density at radius 2 is 1.96 bits per heavy atom. The molecule has 1 aliphatic heterocycles. The van der Waals surface area contributed by atoms with Crippen molar-refractivity contribution in [2.75, 3.05) is 37.7 Å². The van der Waals surface area contributed by atoms with E-state index in [0.717, 1.165) is 24.4 Å². The van der Waals surface area contributed by atoms with Crippen LogP contribution in [0.1, 0.15) is 5.56 Å². The van der Waals surface area contributed by atoms with E-state index in [1.807, 2.05) is 49.4 Å². The molecule has 3 rings (SSSR count). The number of aryl methyl sites for hydroxylation is 1. The maximum absolute atomic E-state index is 12.0. The van der Waals surface area contributed by atoms with Crippen LogP contribution in [0.4, 0.5) is 5.69 Å². The smallest absolute Gasteiger partial charge is 0.258 e. The van der Waals surface area contributed by atoms with Crippen LogP contribution in [-0.4, -0.2) is 44.9 Å². The average Bonchev–Trinajstić information content (AvgIpc) is 2.67. The van der Waals surface area contributed by atoms with Crippen LogP contribution in [0.5, 0.6) is 5.75 Å². The molecule has 1 atom stereocenters. The number of ether oxygens (including phenoxy) is 2. The van der Waals surface area contributed by atoms with Gasteiger partial charge < -0.3 is 19.7 Å². The normalized spacial score (nSPS) is 17.2. The van der Waals surface area contributed by atoms with Crippen LogP contribution in [0.2, 0.25) is 0 Å². The predicted molar refractivity (Wildman–Crippen MR) is 98.1 cm³/mol. The van der Waals surface area contributed by atoms with Crippen LogP contribution in [0.25, 0.3) is 0 Å². The minimum absolute atomic E-state index is 0.0139. The first-order valence-electron chi connectivity index (χ1n) is 8.59. The number of rotatable bonds is 6. The number of carbonyl (C=O) groups is 1. The largest absolute Gasteiger partial charge is 0.484 e. The molecule has 0 aromatic heterocycles. The minimum Gasteiger partial charge on any atom is -0.484 e. The quantitative estimate of drug-likeness (QED) is 0.877. The number of nitrogens with zero attached hydrogens (tertiary/aromatic N) is 1. The molecule has 0 bridgehead atoms. The molecule has 0 aliphatic carbocycles. The Bertz CT molecular complexity index is 690. The molecular weight excluding hydrogens is 316 g/mol. The van der Waals surface area contributed by atoms with Crippen molar-refractivity contribution < 1.29 is 14.3 Å². The number of hydrogen-bond acceptors (Lipinski definition) is 4. The van der Waals surface area contributed by atoms with Crippen LogP contribution >= 0.6 is 0 Å². The summed E-state index contributed by atoms with van der Waals surface area (Å²) in [6, 6.07) is 17.9. The van der Waals surface area contributed by atoms with Gasteiger partial charge in [-0.2, -0.15) is 0 Å². The first-order valence-corrected chi connectivity index (χ1v) is 8.59. The summed E-state index contributed by atoms with van der Waals surface area (Å²) in [5.41, 5.74) is 2.20. The van der Waals surface area contributed by atoms with E-state index in [4.69, 9.17) is 9.47 Å². The van der Waals surface area contributed by atoms with Crippen molar-refractivity contribution in [3.63, 3.8) is 0 Å². The number of anilines is 1. The maximum atomic E-state index is 12.0. The molecule has 25 heavy (non-hydrogen) atoms. The van der Waals surface area contributed by atoms with Gasteiger partial charge in [0.05, 0.1) is 12.7 Å². The predicted octanol–water partition coefficient (Wildman–Crippen LogP) is 2.40. The average molecular weight is 340 g/mol. The number of carbonyl (C=O) groups excluding carboxylic acids is 1.